The van der Waals surface area contributed by atoms with Crippen molar-refractivity contribution in [1.82, 2.24) is 9.62 Å². The number of rotatable bonds is 7. The Morgan fingerprint density at radius 2 is 2.12 bits per heavy atom. The Bertz CT molecular complexity index is 737. The van der Waals surface area contributed by atoms with E-state index < -0.39 is 15.3 Å². The van der Waals surface area contributed by atoms with Crippen LogP contribution in [0.5, 0.6) is 0 Å². The summed E-state index contributed by atoms with van der Waals surface area (Å²) in [6.07, 6.45) is 1.92. The smallest absolute Gasteiger partial charge is 0.238 e. The number of amides is 1. The molecule has 6 nitrogen and oxygen atoms in total. The highest BCUT2D eigenvalue weighted by Gasteiger charge is 2.24. The molecule has 2 rings (SSSR count). The first-order valence-electron chi connectivity index (χ1n) is 8.95. The Labute approximate surface area is 161 Å². The van der Waals surface area contributed by atoms with Crippen molar-refractivity contribution in [2.75, 3.05) is 31.5 Å². The van der Waals surface area contributed by atoms with Crippen LogP contribution in [0.15, 0.2) is 18.2 Å². The van der Waals surface area contributed by atoms with Crippen LogP contribution in [0.4, 0.5) is 5.69 Å². The monoisotopic (exact) mass is 401 g/mol. The third kappa shape index (κ3) is 5.94. The molecule has 1 fully saturated rings. The third-order valence-corrected chi connectivity index (χ3v) is 6.93. The van der Waals surface area contributed by atoms with Crippen LogP contribution in [0.25, 0.3) is 0 Å². The molecule has 146 valence electrons. The maximum atomic E-state index is 12.3. The second-order valence-electron chi connectivity index (χ2n) is 7.15. The molecule has 1 aromatic carbocycles. The summed E-state index contributed by atoms with van der Waals surface area (Å²) in [6, 6.07) is 5.43. The number of sulfonamides is 1. The van der Waals surface area contributed by atoms with Crippen molar-refractivity contribution < 1.29 is 13.2 Å². The fourth-order valence-electron chi connectivity index (χ4n) is 3.00. The zero-order valence-electron chi connectivity index (χ0n) is 15.6. The van der Waals surface area contributed by atoms with E-state index in [0.29, 0.717) is 24.7 Å². The van der Waals surface area contributed by atoms with Crippen molar-refractivity contribution in [2.24, 2.45) is 5.92 Å². The third-order valence-electron chi connectivity index (χ3n) is 4.71. The minimum Gasteiger partial charge on any atom is -0.325 e. The second kappa shape index (κ2) is 9.17. The molecule has 0 radical (unpaired) electrons. The zero-order chi connectivity index (χ0) is 19.3. The highest BCUT2D eigenvalue weighted by Crippen LogP contribution is 2.23. The van der Waals surface area contributed by atoms with Gasteiger partial charge in [0, 0.05) is 23.8 Å². The van der Waals surface area contributed by atoms with Gasteiger partial charge in [-0.15, -0.1) is 0 Å². The number of nitrogens with zero attached hydrogens (tertiary/aromatic N) is 1. The van der Waals surface area contributed by atoms with Crippen LogP contribution in [-0.2, 0) is 14.8 Å². The summed E-state index contributed by atoms with van der Waals surface area (Å²) in [5.41, 5.74) is 1.57. The van der Waals surface area contributed by atoms with Gasteiger partial charge in [-0.2, -0.15) is 0 Å². The van der Waals surface area contributed by atoms with E-state index in [4.69, 9.17) is 11.6 Å². The minimum absolute atomic E-state index is 0.0845. The van der Waals surface area contributed by atoms with E-state index >= 15 is 0 Å². The van der Waals surface area contributed by atoms with Crippen molar-refractivity contribution >= 4 is 33.2 Å². The van der Waals surface area contributed by atoms with Crippen molar-refractivity contribution in [3.8, 4) is 0 Å². The van der Waals surface area contributed by atoms with Gasteiger partial charge in [-0.3, -0.25) is 9.69 Å². The SMILES string of the molecule is Cc1c(Cl)cccc1NC(=O)CN1CCC[C@H](CNS(=O)(=O)C(C)C)C1. The van der Waals surface area contributed by atoms with E-state index in [2.05, 4.69) is 14.9 Å². The summed E-state index contributed by atoms with van der Waals surface area (Å²) in [5.74, 6) is 0.136. The summed E-state index contributed by atoms with van der Waals surface area (Å²) in [7, 11) is -3.25. The van der Waals surface area contributed by atoms with E-state index in [-0.39, 0.29) is 11.8 Å². The lowest BCUT2D eigenvalue weighted by molar-refractivity contribution is -0.117. The largest absolute Gasteiger partial charge is 0.325 e. The fourth-order valence-corrected chi connectivity index (χ4v) is 3.97. The maximum absolute atomic E-state index is 12.3. The van der Waals surface area contributed by atoms with Gasteiger partial charge in [0.2, 0.25) is 15.9 Å². The summed E-state index contributed by atoms with van der Waals surface area (Å²) in [5, 5.41) is 3.09. The van der Waals surface area contributed by atoms with Crippen LogP contribution < -0.4 is 10.0 Å². The Kier molecular flexibility index (Phi) is 7.46. The summed E-state index contributed by atoms with van der Waals surface area (Å²) in [4.78, 5) is 14.4. The fraction of sp³-hybridized carbons (Fsp3) is 0.611. The molecule has 2 N–H and O–H groups in total. The molecule has 0 aliphatic carbocycles. The second-order valence-corrected chi connectivity index (χ2v) is 9.87. The maximum Gasteiger partial charge on any atom is 0.238 e. The number of piperidine rings is 1. The van der Waals surface area contributed by atoms with Crippen LogP contribution in [0.3, 0.4) is 0 Å². The van der Waals surface area contributed by atoms with E-state index in [1.54, 1.807) is 19.9 Å². The average molecular weight is 402 g/mol. The molecule has 0 bridgehead atoms. The normalized spacial score (nSPS) is 18.9. The average Bonchev–Trinajstić information content (AvgIpc) is 2.57. The predicted octanol–water partition coefficient (Wildman–Crippen LogP) is 2.63. The van der Waals surface area contributed by atoms with Gasteiger partial charge in [-0.25, -0.2) is 13.1 Å². The van der Waals surface area contributed by atoms with Crippen LogP contribution in [0.2, 0.25) is 5.02 Å². The molecule has 1 amide bonds. The lowest BCUT2D eigenvalue weighted by Gasteiger charge is -2.32. The van der Waals surface area contributed by atoms with E-state index in [9.17, 15) is 13.2 Å². The number of likely N-dealkylation sites (tertiary alicyclic amines) is 1. The number of nitrogens with one attached hydrogen (secondary N) is 2. The first-order valence-corrected chi connectivity index (χ1v) is 10.9. The van der Waals surface area contributed by atoms with Crippen LogP contribution in [0, 0.1) is 12.8 Å². The molecule has 0 unspecified atom stereocenters. The molecular weight excluding hydrogens is 374 g/mol. The van der Waals surface area contributed by atoms with Crippen molar-refractivity contribution in [3.63, 3.8) is 0 Å². The highest BCUT2D eigenvalue weighted by molar-refractivity contribution is 7.90. The van der Waals surface area contributed by atoms with E-state index in [0.717, 1.165) is 30.6 Å². The van der Waals surface area contributed by atoms with Gasteiger partial charge < -0.3 is 5.32 Å². The number of hydrogen-bond donors (Lipinski definition) is 2. The van der Waals surface area contributed by atoms with Gasteiger partial charge in [0.1, 0.15) is 0 Å². The Balaban J connectivity index is 1.85. The topological polar surface area (TPSA) is 78.5 Å². The molecule has 0 spiro atoms. The summed E-state index contributed by atoms with van der Waals surface area (Å²) in [6.45, 7) is 7.47. The summed E-state index contributed by atoms with van der Waals surface area (Å²) >= 11 is 6.08. The molecule has 1 aliphatic heterocycles. The Morgan fingerprint density at radius 3 is 2.81 bits per heavy atom. The van der Waals surface area contributed by atoms with E-state index in [1.165, 1.54) is 0 Å². The first kappa shape index (κ1) is 21.2. The molecule has 0 aromatic heterocycles. The quantitative estimate of drug-likeness (QED) is 0.736. The van der Waals surface area contributed by atoms with Gasteiger partial charge >= 0.3 is 0 Å². The molecule has 8 heteroatoms. The number of carbonyl (C=O) groups is 1. The van der Waals surface area contributed by atoms with Crippen LogP contribution in [-0.4, -0.2) is 50.7 Å². The van der Waals surface area contributed by atoms with Crippen LogP contribution >= 0.6 is 11.6 Å². The van der Waals surface area contributed by atoms with Gasteiger partial charge in [0.05, 0.1) is 11.8 Å². The molecule has 1 aromatic rings. The van der Waals surface area contributed by atoms with E-state index in [1.807, 2.05) is 19.1 Å². The van der Waals surface area contributed by atoms with Crippen molar-refractivity contribution in [2.45, 2.75) is 38.9 Å². The zero-order valence-corrected chi connectivity index (χ0v) is 17.2. The molecule has 1 atom stereocenters. The van der Waals surface area contributed by atoms with Gasteiger partial charge in [-0.05, 0) is 63.8 Å². The molecule has 1 heterocycles. The molecule has 1 aliphatic rings. The van der Waals surface area contributed by atoms with Gasteiger partial charge in [0.25, 0.3) is 0 Å². The number of benzene rings is 1. The summed E-state index contributed by atoms with van der Waals surface area (Å²) < 4.78 is 26.5. The van der Waals surface area contributed by atoms with Gasteiger partial charge in [-0.1, -0.05) is 17.7 Å². The lowest BCUT2D eigenvalue weighted by Crippen LogP contribution is -2.44. The number of hydrogen-bond acceptors (Lipinski definition) is 4. The lowest BCUT2D eigenvalue weighted by atomic mass is 9.98. The molecular formula is C18H28ClN3O3S. The first-order chi connectivity index (χ1) is 12.2. The molecule has 0 saturated carbocycles. The number of halogens is 1. The number of carbonyl (C=O) groups excluding carboxylic acids is 1. The van der Waals surface area contributed by atoms with Crippen LogP contribution in [0.1, 0.15) is 32.3 Å². The number of anilines is 1. The highest BCUT2D eigenvalue weighted by atomic mass is 35.5. The van der Waals surface area contributed by atoms with Crippen molar-refractivity contribution in [3.05, 3.63) is 28.8 Å². The Hall–Kier alpha value is -1.15. The molecule has 26 heavy (non-hydrogen) atoms. The molecule has 1 saturated heterocycles. The standard InChI is InChI=1S/C18H28ClN3O3S/c1-13(2)26(24,25)20-10-15-6-5-9-22(11-15)12-18(23)21-17-8-4-7-16(19)14(17)3/h4,7-8,13,15,20H,5-6,9-12H2,1-3H3,(H,21,23)/t15-/m1/s1. The minimum atomic E-state index is -3.25. The predicted molar refractivity (Wildman–Crippen MR) is 106 cm³/mol. The Morgan fingerprint density at radius 1 is 1.38 bits per heavy atom. The van der Waals surface area contributed by atoms with Gasteiger partial charge in [0.15, 0.2) is 0 Å². The van der Waals surface area contributed by atoms with Crippen molar-refractivity contribution in [1.29, 1.82) is 0 Å².